The van der Waals surface area contributed by atoms with Crippen molar-refractivity contribution in [2.24, 2.45) is 0 Å². The average molecular weight is 295 g/mol. The summed E-state index contributed by atoms with van der Waals surface area (Å²) < 4.78 is 25.9. The van der Waals surface area contributed by atoms with Crippen molar-refractivity contribution < 1.29 is 8.42 Å². The summed E-state index contributed by atoms with van der Waals surface area (Å²) in [6, 6.07) is 4.59. The summed E-state index contributed by atoms with van der Waals surface area (Å²) in [6.07, 6.45) is 0. The molecule has 1 aromatic rings. The van der Waals surface area contributed by atoms with E-state index in [-0.39, 0.29) is 21.0 Å². The lowest BCUT2D eigenvalue weighted by Gasteiger charge is -2.34. The van der Waals surface area contributed by atoms with Crippen LogP contribution in [0.2, 0.25) is 10.0 Å². The van der Waals surface area contributed by atoms with Crippen molar-refractivity contribution in [1.82, 2.24) is 9.62 Å². The van der Waals surface area contributed by atoms with Crippen LogP contribution in [-0.4, -0.2) is 38.9 Å². The lowest BCUT2D eigenvalue weighted by molar-refractivity contribution is 0.274. The predicted octanol–water partition coefficient (Wildman–Crippen LogP) is 1.59. The fraction of sp³-hybridized carbons (Fsp3) is 0.400. The summed E-state index contributed by atoms with van der Waals surface area (Å²) in [5.74, 6) is 0. The lowest BCUT2D eigenvalue weighted by Crippen LogP contribution is -2.57. The number of hydrogen-bond acceptors (Lipinski definition) is 3. The van der Waals surface area contributed by atoms with Crippen molar-refractivity contribution >= 4 is 33.2 Å². The molecule has 1 aliphatic heterocycles. The van der Waals surface area contributed by atoms with Gasteiger partial charge in [0.2, 0.25) is 10.0 Å². The third-order valence-electron chi connectivity index (χ3n) is 2.85. The van der Waals surface area contributed by atoms with E-state index in [9.17, 15) is 8.42 Å². The van der Waals surface area contributed by atoms with E-state index in [1.54, 1.807) is 19.2 Å². The van der Waals surface area contributed by atoms with Crippen LogP contribution in [-0.2, 0) is 10.0 Å². The van der Waals surface area contributed by atoms with Gasteiger partial charge in [-0.2, -0.15) is 4.31 Å². The number of hydrogen-bond donors (Lipinski definition) is 1. The van der Waals surface area contributed by atoms with E-state index in [0.29, 0.717) is 13.1 Å². The molecule has 0 saturated carbocycles. The van der Waals surface area contributed by atoms with Crippen LogP contribution in [0, 0.1) is 0 Å². The summed E-state index contributed by atoms with van der Waals surface area (Å²) in [6.45, 7) is 1.32. The summed E-state index contributed by atoms with van der Waals surface area (Å²) in [5.41, 5.74) is 0. The molecule has 4 nitrogen and oxygen atoms in total. The molecule has 0 aromatic heterocycles. The summed E-state index contributed by atoms with van der Waals surface area (Å²) in [4.78, 5) is 0.0565. The van der Waals surface area contributed by atoms with Gasteiger partial charge >= 0.3 is 0 Å². The van der Waals surface area contributed by atoms with Gasteiger partial charge in [0.15, 0.2) is 0 Å². The highest BCUT2D eigenvalue weighted by atomic mass is 35.5. The van der Waals surface area contributed by atoms with Gasteiger partial charge in [-0.25, -0.2) is 8.42 Å². The second-order valence-corrected chi connectivity index (χ2v) is 6.64. The van der Waals surface area contributed by atoms with Gasteiger partial charge in [0.1, 0.15) is 4.90 Å². The molecule has 1 saturated heterocycles. The van der Waals surface area contributed by atoms with Crippen molar-refractivity contribution in [1.29, 1.82) is 0 Å². The molecule has 0 atom stereocenters. The van der Waals surface area contributed by atoms with Crippen molar-refractivity contribution in [3.05, 3.63) is 28.2 Å². The minimum absolute atomic E-state index is 0.0185. The maximum absolute atomic E-state index is 12.3. The number of rotatable bonds is 3. The Balaban J connectivity index is 2.40. The molecule has 17 heavy (non-hydrogen) atoms. The van der Waals surface area contributed by atoms with Crippen LogP contribution >= 0.6 is 23.2 Å². The molecule has 1 fully saturated rings. The molecule has 1 N–H and O–H groups in total. The van der Waals surface area contributed by atoms with Crippen LogP contribution in [0.3, 0.4) is 0 Å². The van der Waals surface area contributed by atoms with Gasteiger partial charge in [-0.15, -0.1) is 0 Å². The maximum Gasteiger partial charge on any atom is 0.244 e. The smallest absolute Gasteiger partial charge is 0.244 e. The highest BCUT2D eigenvalue weighted by Gasteiger charge is 2.33. The molecule has 1 heterocycles. The number of likely N-dealkylation sites (N-methyl/N-ethyl adjacent to an activating group) is 1. The van der Waals surface area contributed by atoms with Crippen molar-refractivity contribution in [2.45, 2.75) is 10.9 Å². The Morgan fingerprint density at radius 1 is 1.35 bits per heavy atom. The molecule has 0 bridgehead atoms. The Kier molecular flexibility index (Phi) is 3.66. The highest BCUT2D eigenvalue weighted by molar-refractivity contribution is 7.89. The quantitative estimate of drug-likeness (QED) is 0.921. The third-order valence-corrected chi connectivity index (χ3v) is 5.73. The lowest BCUT2D eigenvalue weighted by atomic mass is 10.2. The van der Waals surface area contributed by atoms with Gasteiger partial charge < -0.3 is 5.32 Å². The first-order valence-electron chi connectivity index (χ1n) is 5.07. The Morgan fingerprint density at radius 3 is 2.53 bits per heavy atom. The van der Waals surface area contributed by atoms with E-state index in [1.165, 1.54) is 10.4 Å². The van der Waals surface area contributed by atoms with Gasteiger partial charge in [-0.05, 0) is 12.1 Å². The maximum atomic E-state index is 12.3. The molecule has 7 heteroatoms. The molecular formula is C10H12Cl2N2O2S. The molecule has 2 rings (SSSR count). The molecule has 0 unspecified atom stereocenters. The zero-order valence-corrected chi connectivity index (χ0v) is 11.5. The van der Waals surface area contributed by atoms with E-state index in [4.69, 9.17) is 23.2 Å². The highest BCUT2D eigenvalue weighted by Crippen LogP contribution is 2.31. The topological polar surface area (TPSA) is 49.4 Å². The predicted molar refractivity (Wildman–Crippen MR) is 68.1 cm³/mol. The molecule has 1 aliphatic rings. The molecule has 0 aliphatic carbocycles. The van der Waals surface area contributed by atoms with Gasteiger partial charge in [-0.1, -0.05) is 29.3 Å². The van der Waals surface area contributed by atoms with Crippen LogP contribution in [0.15, 0.2) is 23.1 Å². The van der Waals surface area contributed by atoms with Crippen LogP contribution < -0.4 is 5.32 Å². The van der Waals surface area contributed by atoms with Crippen LogP contribution in [0.1, 0.15) is 0 Å². The number of nitrogens with one attached hydrogen (secondary N) is 1. The van der Waals surface area contributed by atoms with Gasteiger partial charge in [-0.3, -0.25) is 0 Å². The summed E-state index contributed by atoms with van der Waals surface area (Å²) >= 11 is 11.8. The minimum Gasteiger partial charge on any atom is -0.313 e. The Morgan fingerprint density at radius 2 is 2.00 bits per heavy atom. The first-order chi connectivity index (χ1) is 7.94. The zero-order valence-electron chi connectivity index (χ0n) is 9.15. The fourth-order valence-electron chi connectivity index (χ4n) is 1.57. The first kappa shape index (κ1) is 13.1. The molecule has 0 spiro atoms. The fourth-order valence-corrected chi connectivity index (χ4v) is 3.65. The monoisotopic (exact) mass is 294 g/mol. The van der Waals surface area contributed by atoms with Crippen molar-refractivity contribution in [2.75, 3.05) is 20.1 Å². The standard InChI is InChI=1S/C10H12Cl2N2O2S/c1-14(7-5-13-6-7)17(15,16)9-4-2-3-8(11)10(9)12/h2-4,7,13H,5-6H2,1H3. The Hall–Kier alpha value is -0.330. The Bertz CT molecular complexity index is 529. The van der Waals surface area contributed by atoms with Crippen LogP contribution in [0.4, 0.5) is 0 Å². The van der Waals surface area contributed by atoms with E-state index in [1.807, 2.05) is 0 Å². The first-order valence-corrected chi connectivity index (χ1v) is 7.27. The summed E-state index contributed by atoms with van der Waals surface area (Å²) in [7, 11) is -2.02. The average Bonchev–Trinajstić information content (AvgIpc) is 2.19. The van der Waals surface area contributed by atoms with Crippen molar-refractivity contribution in [3.63, 3.8) is 0 Å². The van der Waals surface area contributed by atoms with E-state index >= 15 is 0 Å². The SMILES string of the molecule is CN(C1CNC1)S(=O)(=O)c1cccc(Cl)c1Cl. The number of halogens is 2. The largest absolute Gasteiger partial charge is 0.313 e. The molecular weight excluding hydrogens is 283 g/mol. The molecule has 0 amide bonds. The zero-order chi connectivity index (χ0) is 12.6. The third kappa shape index (κ3) is 2.30. The van der Waals surface area contributed by atoms with E-state index in [2.05, 4.69) is 5.32 Å². The molecule has 94 valence electrons. The van der Waals surface area contributed by atoms with Gasteiger partial charge in [0.05, 0.1) is 10.0 Å². The second kappa shape index (κ2) is 4.74. The Labute approximate surface area is 111 Å². The van der Waals surface area contributed by atoms with Crippen molar-refractivity contribution in [3.8, 4) is 0 Å². The van der Waals surface area contributed by atoms with Gasteiger partial charge in [0.25, 0.3) is 0 Å². The van der Waals surface area contributed by atoms with E-state index in [0.717, 1.165) is 0 Å². The van der Waals surface area contributed by atoms with Crippen LogP contribution in [0.5, 0.6) is 0 Å². The molecule has 1 aromatic carbocycles. The molecule has 0 radical (unpaired) electrons. The number of nitrogens with zero attached hydrogens (tertiary/aromatic N) is 1. The second-order valence-electron chi connectivity index (χ2n) is 3.89. The van der Waals surface area contributed by atoms with Crippen LogP contribution in [0.25, 0.3) is 0 Å². The van der Waals surface area contributed by atoms with E-state index < -0.39 is 10.0 Å². The minimum atomic E-state index is -3.58. The number of benzene rings is 1. The number of sulfonamides is 1. The van der Waals surface area contributed by atoms with Gasteiger partial charge in [0, 0.05) is 26.2 Å². The normalized spacial score (nSPS) is 17.2. The summed E-state index contributed by atoms with van der Waals surface area (Å²) in [5, 5.41) is 3.35.